The lowest BCUT2D eigenvalue weighted by molar-refractivity contribution is 0.365. The number of nitrogens with zero attached hydrogens (tertiary/aromatic N) is 2. The Morgan fingerprint density at radius 2 is 1.69 bits per heavy atom. The van der Waals surface area contributed by atoms with Crippen LogP contribution in [-0.2, 0) is 6.42 Å². The third-order valence-electron chi connectivity index (χ3n) is 2.42. The summed E-state index contributed by atoms with van der Waals surface area (Å²) in [6.45, 7) is 4.14. The SMILES string of the molecule is COc1cc(OC)nc(CC(N)C(C)C)n1. The van der Waals surface area contributed by atoms with Gasteiger partial charge in [0.15, 0.2) is 0 Å². The first kappa shape index (κ1) is 12.7. The van der Waals surface area contributed by atoms with Crippen LogP contribution in [0.15, 0.2) is 6.07 Å². The largest absolute Gasteiger partial charge is 0.481 e. The van der Waals surface area contributed by atoms with E-state index < -0.39 is 0 Å². The molecule has 0 aliphatic heterocycles. The van der Waals surface area contributed by atoms with Crippen LogP contribution in [0.4, 0.5) is 0 Å². The second kappa shape index (κ2) is 5.65. The number of nitrogens with two attached hydrogens (primary N) is 1. The van der Waals surface area contributed by atoms with Gasteiger partial charge >= 0.3 is 0 Å². The molecule has 0 saturated carbocycles. The molecule has 90 valence electrons. The lowest BCUT2D eigenvalue weighted by Gasteiger charge is -2.15. The Balaban J connectivity index is 2.86. The molecule has 1 aromatic heterocycles. The van der Waals surface area contributed by atoms with Crippen molar-refractivity contribution in [3.05, 3.63) is 11.9 Å². The van der Waals surface area contributed by atoms with E-state index in [1.807, 2.05) is 0 Å². The van der Waals surface area contributed by atoms with Crippen molar-refractivity contribution in [3.8, 4) is 11.8 Å². The highest BCUT2D eigenvalue weighted by atomic mass is 16.5. The summed E-state index contributed by atoms with van der Waals surface area (Å²) in [4.78, 5) is 8.46. The Morgan fingerprint density at radius 3 is 2.06 bits per heavy atom. The summed E-state index contributed by atoms with van der Waals surface area (Å²) < 4.78 is 10.1. The second-order valence-electron chi connectivity index (χ2n) is 3.98. The molecule has 0 bridgehead atoms. The first-order valence-corrected chi connectivity index (χ1v) is 5.28. The number of hydrogen-bond acceptors (Lipinski definition) is 5. The van der Waals surface area contributed by atoms with E-state index in [9.17, 15) is 0 Å². The topological polar surface area (TPSA) is 70.3 Å². The van der Waals surface area contributed by atoms with Gasteiger partial charge in [-0.25, -0.2) is 0 Å². The van der Waals surface area contributed by atoms with Crippen molar-refractivity contribution in [1.29, 1.82) is 0 Å². The zero-order chi connectivity index (χ0) is 12.1. The average Bonchev–Trinajstić information content (AvgIpc) is 2.28. The van der Waals surface area contributed by atoms with Gasteiger partial charge in [0.25, 0.3) is 0 Å². The zero-order valence-electron chi connectivity index (χ0n) is 10.2. The normalized spacial score (nSPS) is 12.6. The summed E-state index contributed by atoms with van der Waals surface area (Å²) in [7, 11) is 3.13. The van der Waals surface area contributed by atoms with Crippen molar-refractivity contribution < 1.29 is 9.47 Å². The Labute approximate surface area is 96.0 Å². The number of methoxy groups -OCH3 is 2. The second-order valence-corrected chi connectivity index (χ2v) is 3.98. The molecule has 1 atom stereocenters. The summed E-state index contributed by atoms with van der Waals surface area (Å²) >= 11 is 0. The van der Waals surface area contributed by atoms with Crippen LogP contribution >= 0.6 is 0 Å². The Bertz CT molecular complexity index is 320. The maximum Gasteiger partial charge on any atom is 0.220 e. The molecular formula is C11H19N3O2. The molecule has 0 radical (unpaired) electrons. The number of ether oxygens (including phenoxy) is 2. The van der Waals surface area contributed by atoms with Crippen molar-refractivity contribution in [2.24, 2.45) is 11.7 Å². The van der Waals surface area contributed by atoms with Gasteiger partial charge < -0.3 is 15.2 Å². The maximum atomic E-state index is 5.97. The Kier molecular flexibility index (Phi) is 4.49. The smallest absolute Gasteiger partial charge is 0.220 e. The van der Waals surface area contributed by atoms with Crippen LogP contribution < -0.4 is 15.2 Å². The molecule has 5 heteroatoms. The molecule has 16 heavy (non-hydrogen) atoms. The van der Waals surface area contributed by atoms with E-state index in [2.05, 4.69) is 23.8 Å². The van der Waals surface area contributed by atoms with Crippen molar-refractivity contribution in [2.45, 2.75) is 26.3 Å². The van der Waals surface area contributed by atoms with E-state index in [1.165, 1.54) is 0 Å². The summed E-state index contributed by atoms with van der Waals surface area (Å²) in [5.74, 6) is 2.04. The van der Waals surface area contributed by atoms with E-state index in [0.717, 1.165) is 0 Å². The summed E-state index contributed by atoms with van der Waals surface area (Å²) in [6, 6.07) is 1.68. The van der Waals surface area contributed by atoms with Crippen LogP contribution in [0.5, 0.6) is 11.8 Å². The van der Waals surface area contributed by atoms with E-state index >= 15 is 0 Å². The first-order valence-electron chi connectivity index (χ1n) is 5.28. The molecule has 0 aliphatic rings. The van der Waals surface area contributed by atoms with E-state index in [0.29, 0.717) is 29.9 Å². The standard InChI is InChI=1S/C11H19N3O2/c1-7(2)8(12)5-9-13-10(15-3)6-11(14-9)16-4/h6-8H,5,12H2,1-4H3. The summed E-state index contributed by atoms with van der Waals surface area (Å²) in [5, 5.41) is 0. The molecule has 0 aromatic carbocycles. The van der Waals surface area contributed by atoms with Crippen LogP contribution in [0.1, 0.15) is 19.7 Å². The fraction of sp³-hybridized carbons (Fsp3) is 0.636. The molecular weight excluding hydrogens is 206 g/mol. The third-order valence-corrected chi connectivity index (χ3v) is 2.42. The number of aromatic nitrogens is 2. The van der Waals surface area contributed by atoms with Crippen LogP contribution in [0.2, 0.25) is 0 Å². The minimum Gasteiger partial charge on any atom is -0.481 e. The van der Waals surface area contributed by atoms with Crippen LogP contribution in [0.25, 0.3) is 0 Å². The lowest BCUT2D eigenvalue weighted by Crippen LogP contribution is -2.29. The molecule has 1 unspecified atom stereocenters. The first-order chi connectivity index (χ1) is 7.56. The van der Waals surface area contributed by atoms with Gasteiger partial charge in [0.2, 0.25) is 11.8 Å². The Hall–Kier alpha value is -1.36. The Morgan fingerprint density at radius 1 is 1.19 bits per heavy atom. The van der Waals surface area contributed by atoms with Gasteiger partial charge in [0.1, 0.15) is 5.82 Å². The molecule has 0 amide bonds. The van der Waals surface area contributed by atoms with E-state index in [-0.39, 0.29) is 6.04 Å². The molecule has 5 nitrogen and oxygen atoms in total. The number of hydrogen-bond donors (Lipinski definition) is 1. The lowest BCUT2D eigenvalue weighted by atomic mass is 10.0. The monoisotopic (exact) mass is 225 g/mol. The fourth-order valence-electron chi connectivity index (χ4n) is 1.20. The van der Waals surface area contributed by atoms with Crippen LogP contribution in [0.3, 0.4) is 0 Å². The van der Waals surface area contributed by atoms with Crippen LogP contribution in [-0.4, -0.2) is 30.2 Å². The maximum absolute atomic E-state index is 5.97. The average molecular weight is 225 g/mol. The summed E-state index contributed by atoms with van der Waals surface area (Å²) in [6.07, 6.45) is 0.616. The summed E-state index contributed by atoms with van der Waals surface area (Å²) in [5.41, 5.74) is 5.97. The number of rotatable bonds is 5. The predicted molar refractivity (Wildman–Crippen MR) is 61.7 cm³/mol. The molecule has 0 spiro atoms. The predicted octanol–water partition coefficient (Wildman–Crippen LogP) is 1.02. The minimum atomic E-state index is 0.0387. The molecule has 0 aliphatic carbocycles. The van der Waals surface area contributed by atoms with Crippen LogP contribution in [0, 0.1) is 5.92 Å². The molecule has 1 aromatic rings. The van der Waals surface area contributed by atoms with Crippen molar-refractivity contribution in [3.63, 3.8) is 0 Å². The fourth-order valence-corrected chi connectivity index (χ4v) is 1.20. The highest BCUT2D eigenvalue weighted by Gasteiger charge is 2.12. The third kappa shape index (κ3) is 3.34. The molecule has 0 saturated heterocycles. The van der Waals surface area contributed by atoms with Gasteiger partial charge in [-0.3, -0.25) is 0 Å². The van der Waals surface area contributed by atoms with Crippen molar-refractivity contribution in [1.82, 2.24) is 9.97 Å². The van der Waals surface area contributed by atoms with Gasteiger partial charge in [0.05, 0.1) is 20.3 Å². The van der Waals surface area contributed by atoms with Gasteiger partial charge in [-0.05, 0) is 5.92 Å². The quantitative estimate of drug-likeness (QED) is 0.810. The van der Waals surface area contributed by atoms with E-state index in [1.54, 1.807) is 20.3 Å². The minimum absolute atomic E-state index is 0.0387. The van der Waals surface area contributed by atoms with E-state index in [4.69, 9.17) is 15.2 Å². The molecule has 2 N–H and O–H groups in total. The van der Waals surface area contributed by atoms with Crippen molar-refractivity contribution >= 4 is 0 Å². The van der Waals surface area contributed by atoms with Crippen molar-refractivity contribution in [2.75, 3.05) is 14.2 Å². The highest BCUT2D eigenvalue weighted by molar-refractivity contribution is 5.21. The van der Waals surface area contributed by atoms with Gasteiger partial charge in [-0.15, -0.1) is 0 Å². The highest BCUT2D eigenvalue weighted by Crippen LogP contribution is 2.16. The molecule has 0 fully saturated rings. The molecule has 1 rings (SSSR count). The zero-order valence-corrected chi connectivity index (χ0v) is 10.2. The van der Waals surface area contributed by atoms with Gasteiger partial charge in [-0.1, -0.05) is 13.8 Å². The molecule has 1 heterocycles. The van der Waals surface area contributed by atoms with Gasteiger partial charge in [-0.2, -0.15) is 9.97 Å². The van der Waals surface area contributed by atoms with Gasteiger partial charge in [0, 0.05) is 12.5 Å².